The molecule has 8 atom stereocenters. The summed E-state index contributed by atoms with van der Waals surface area (Å²) in [5.41, 5.74) is 0. The Kier molecular flexibility index (Phi) is 13.7. The number of aliphatic hydroxyl groups excluding tert-OH is 1. The second kappa shape index (κ2) is 16.1. The van der Waals surface area contributed by atoms with Gasteiger partial charge in [0.05, 0.1) is 0 Å². The highest BCUT2D eigenvalue weighted by Crippen LogP contribution is 2.55. The average Bonchev–Trinajstić information content (AvgIpc) is 2.85. The standard InChI is InChI=1S/C31H70O13Si8/c1-25(2)18-46-33-45(17-15-16-32)34-47(36-46,19-26(3)4)38-50(22-29(9)10)42-51(23-30(11)12)40-48(35-45,20-27(5)6)39-49(37-46,21-28(7)8)41-52(43-50,44-51)24-31(13)14/h25-32H,15-24H2,1-14H3. The van der Waals surface area contributed by atoms with Gasteiger partial charge in [0.2, 0.25) is 0 Å². The Balaban J connectivity index is 1.96. The highest BCUT2D eigenvalue weighted by Gasteiger charge is 2.83. The van der Waals surface area contributed by atoms with E-state index in [0.29, 0.717) is 54.8 Å². The summed E-state index contributed by atoms with van der Waals surface area (Å²) in [6.07, 6.45) is 0.402. The maximum absolute atomic E-state index is 10.3. The molecule has 0 radical (unpaired) electrons. The van der Waals surface area contributed by atoms with Gasteiger partial charge in [-0.05, 0) is 47.8 Å². The molecule has 6 saturated heterocycles. The Morgan fingerprint density at radius 2 is 0.442 bits per heavy atom. The van der Waals surface area contributed by atoms with Crippen LogP contribution in [-0.4, -0.2) is 82.1 Å². The molecular formula is C31H70O13Si8. The van der Waals surface area contributed by atoms with Gasteiger partial charge in [-0.2, -0.15) is 0 Å². The van der Waals surface area contributed by atoms with E-state index in [1.807, 2.05) is 0 Å². The maximum Gasteiger partial charge on any atom is 0.479 e. The van der Waals surface area contributed by atoms with Gasteiger partial charge in [0, 0.05) is 55.0 Å². The monoisotopic (exact) mass is 874 g/mol. The Morgan fingerprint density at radius 3 is 0.577 bits per heavy atom. The summed E-state index contributed by atoms with van der Waals surface area (Å²) in [5, 5.41) is 10.3. The van der Waals surface area contributed by atoms with Gasteiger partial charge in [0.15, 0.2) is 0 Å². The largest absolute Gasteiger partial charge is 0.479 e. The summed E-state index contributed by atoms with van der Waals surface area (Å²) in [5.74, 6) is 0.939. The number of rotatable bonds is 17. The van der Waals surface area contributed by atoms with E-state index in [1.165, 1.54) is 0 Å². The van der Waals surface area contributed by atoms with Gasteiger partial charge in [-0.1, -0.05) is 96.9 Å². The fourth-order valence-corrected chi connectivity index (χ4v) is 59.7. The minimum absolute atomic E-state index is 0.0583. The molecule has 8 bridgehead atoms. The van der Waals surface area contributed by atoms with Crippen LogP contribution in [0.15, 0.2) is 0 Å². The topological polar surface area (TPSA) is 131 Å². The van der Waals surface area contributed by atoms with E-state index >= 15 is 0 Å². The molecule has 6 fully saturated rings. The first-order chi connectivity index (χ1) is 24.0. The summed E-state index contributed by atoms with van der Waals surface area (Å²) < 4.78 is 91.0. The second-order valence-corrected chi connectivity index (χ2v) is 42.8. The van der Waals surface area contributed by atoms with Crippen molar-refractivity contribution in [3.63, 3.8) is 0 Å². The Hall–Kier alpha value is 1.22. The highest BCUT2D eigenvalue weighted by atomic mass is 28.6. The first-order valence-electron chi connectivity index (χ1n) is 20.0. The van der Waals surface area contributed by atoms with Crippen molar-refractivity contribution in [2.75, 3.05) is 6.61 Å². The molecule has 21 heteroatoms. The molecule has 6 aliphatic rings. The van der Waals surface area contributed by atoms with Crippen LogP contribution in [0.2, 0.25) is 48.4 Å². The molecule has 1 N–H and O–H groups in total. The Morgan fingerprint density at radius 1 is 0.288 bits per heavy atom. The Labute approximate surface area is 323 Å². The summed E-state index contributed by atoms with van der Waals surface area (Å²) in [4.78, 5) is 0. The molecule has 0 spiro atoms. The van der Waals surface area contributed by atoms with Crippen molar-refractivity contribution in [1.29, 1.82) is 0 Å². The molecule has 6 aliphatic heterocycles. The van der Waals surface area contributed by atoms with Crippen molar-refractivity contribution in [1.82, 2.24) is 0 Å². The van der Waals surface area contributed by atoms with Crippen LogP contribution in [0.3, 0.4) is 0 Å². The summed E-state index contributed by atoms with van der Waals surface area (Å²) in [6.45, 7) is 30.2. The van der Waals surface area contributed by atoms with Crippen molar-refractivity contribution in [2.45, 2.75) is 152 Å². The molecule has 8 unspecified atom stereocenters. The van der Waals surface area contributed by atoms with Crippen LogP contribution in [0.1, 0.15) is 103 Å². The van der Waals surface area contributed by atoms with Crippen molar-refractivity contribution in [2.24, 2.45) is 41.4 Å². The Bertz CT molecular complexity index is 1230. The van der Waals surface area contributed by atoms with E-state index in [4.69, 9.17) is 49.4 Å². The lowest BCUT2D eigenvalue weighted by molar-refractivity contribution is -0.0343. The lowest BCUT2D eigenvalue weighted by Crippen LogP contribution is -2.88. The van der Waals surface area contributed by atoms with Gasteiger partial charge < -0.3 is 54.5 Å². The molecule has 52 heavy (non-hydrogen) atoms. The molecule has 6 heterocycles. The van der Waals surface area contributed by atoms with E-state index in [0.717, 1.165) is 0 Å². The fourth-order valence-electron chi connectivity index (χ4n) is 8.17. The normalized spacial score (nSPS) is 41.9. The quantitative estimate of drug-likeness (QED) is 0.143. The van der Waals surface area contributed by atoms with Gasteiger partial charge in [-0.25, -0.2) is 0 Å². The molecule has 13 nitrogen and oxygen atoms in total. The third-order valence-electron chi connectivity index (χ3n) is 8.98. The predicted octanol–water partition coefficient (Wildman–Crippen LogP) is 7.74. The second-order valence-electron chi connectivity index (χ2n) is 18.7. The van der Waals surface area contributed by atoms with E-state index in [9.17, 15) is 5.11 Å². The fraction of sp³-hybridized carbons (Fsp3) is 1.00. The highest BCUT2D eigenvalue weighted by molar-refractivity contribution is 7.03. The third-order valence-corrected chi connectivity index (χ3v) is 49.0. The first kappa shape index (κ1) is 44.3. The van der Waals surface area contributed by atoms with Crippen LogP contribution in [0.4, 0.5) is 0 Å². The third kappa shape index (κ3) is 10.1. The minimum atomic E-state index is -3.95. The van der Waals surface area contributed by atoms with Gasteiger partial charge in [0.25, 0.3) is 0 Å². The molecule has 0 saturated carbocycles. The van der Waals surface area contributed by atoms with E-state index in [2.05, 4.69) is 96.9 Å². The zero-order valence-corrected chi connectivity index (χ0v) is 42.5. The lowest BCUT2D eigenvalue weighted by Gasteiger charge is -2.64. The van der Waals surface area contributed by atoms with Crippen LogP contribution in [0.5, 0.6) is 0 Å². The summed E-state index contributed by atoms with van der Waals surface area (Å²) >= 11 is 0. The molecule has 0 aliphatic carbocycles. The molecule has 6 rings (SSSR count). The van der Waals surface area contributed by atoms with Crippen molar-refractivity contribution in [3.05, 3.63) is 0 Å². The SMILES string of the molecule is CC(C)C[Si]12O[Si]3(CCCO)O[Si](CC(C)C)(O1)O[Si]1(CC(C)C)O[Si]4(CC(C)C)O[Si](CC(C)C)(O3)O[Si](CC(C)C)(O2)O[Si](CC(C)C)(O1)O4. The average molecular weight is 876 g/mol. The first-order valence-corrected chi connectivity index (χ1v) is 35.4. The van der Waals surface area contributed by atoms with Crippen molar-refractivity contribution >= 4 is 70.4 Å². The molecule has 304 valence electrons. The summed E-state index contributed by atoms with van der Waals surface area (Å²) in [6, 6.07) is 3.84. The molecule has 0 amide bonds. The van der Waals surface area contributed by atoms with Crippen LogP contribution < -0.4 is 0 Å². The predicted molar refractivity (Wildman–Crippen MR) is 213 cm³/mol. The smallest absolute Gasteiger partial charge is 0.396 e. The van der Waals surface area contributed by atoms with E-state index in [1.54, 1.807) is 0 Å². The molecular weight excluding hydrogens is 805 g/mol. The van der Waals surface area contributed by atoms with E-state index in [-0.39, 0.29) is 48.0 Å². The molecule has 0 aromatic heterocycles. The van der Waals surface area contributed by atoms with Crippen LogP contribution in [0.25, 0.3) is 0 Å². The van der Waals surface area contributed by atoms with Crippen LogP contribution >= 0.6 is 0 Å². The molecule has 0 aromatic rings. The molecule has 0 aromatic carbocycles. The maximum atomic E-state index is 10.3. The number of hydrogen-bond donors (Lipinski definition) is 1. The van der Waals surface area contributed by atoms with Gasteiger partial charge in [0.1, 0.15) is 0 Å². The van der Waals surface area contributed by atoms with Gasteiger partial charge >= 0.3 is 70.4 Å². The zero-order valence-electron chi connectivity index (χ0n) is 34.5. The van der Waals surface area contributed by atoms with Crippen LogP contribution in [-0.2, 0) is 49.4 Å². The minimum Gasteiger partial charge on any atom is -0.396 e. The lowest BCUT2D eigenvalue weighted by atomic mass is 10.3. The van der Waals surface area contributed by atoms with E-state index < -0.39 is 70.4 Å². The number of aliphatic hydroxyl groups is 1. The number of hydrogen-bond acceptors (Lipinski definition) is 13. The van der Waals surface area contributed by atoms with Gasteiger partial charge in [-0.15, -0.1) is 0 Å². The summed E-state index contributed by atoms with van der Waals surface area (Å²) in [7, 11) is -30.8. The van der Waals surface area contributed by atoms with Crippen molar-refractivity contribution < 1.29 is 54.5 Å². The van der Waals surface area contributed by atoms with Gasteiger partial charge in [-0.3, -0.25) is 0 Å². The zero-order chi connectivity index (χ0) is 38.6. The van der Waals surface area contributed by atoms with Crippen molar-refractivity contribution in [3.8, 4) is 0 Å². The van der Waals surface area contributed by atoms with Crippen LogP contribution in [0, 0.1) is 41.4 Å².